The van der Waals surface area contributed by atoms with E-state index in [-0.39, 0.29) is 16.9 Å². The maximum atomic E-state index is 14.0. The average Bonchev–Trinajstić information content (AvgIpc) is 2.71. The zero-order chi connectivity index (χ0) is 19.9. The molecule has 2 aromatic carbocycles. The summed E-state index contributed by atoms with van der Waals surface area (Å²) >= 11 is 5.82. The summed E-state index contributed by atoms with van der Waals surface area (Å²) in [6.45, 7) is 2.24. The largest absolute Gasteiger partial charge is 0.426 e. The Morgan fingerprint density at radius 3 is 2.57 bits per heavy atom. The molecule has 1 saturated carbocycles. The third kappa shape index (κ3) is 5.47. The number of carbonyl (C=O) groups excluding carboxylic acids is 1. The van der Waals surface area contributed by atoms with Gasteiger partial charge in [0.25, 0.3) is 0 Å². The van der Waals surface area contributed by atoms with Crippen LogP contribution < -0.4 is 4.74 Å². The second kappa shape index (κ2) is 10.2. The van der Waals surface area contributed by atoms with Crippen LogP contribution in [0, 0.1) is 17.7 Å². The van der Waals surface area contributed by atoms with Crippen LogP contribution in [0.5, 0.6) is 5.75 Å². The van der Waals surface area contributed by atoms with Crippen LogP contribution in [0.2, 0.25) is 5.02 Å². The summed E-state index contributed by atoms with van der Waals surface area (Å²) in [6.07, 6.45) is 12.0. The molecule has 28 heavy (non-hydrogen) atoms. The van der Waals surface area contributed by atoms with Crippen molar-refractivity contribution in [2.45, 2.75) is 71.1 Å². The molecule has 0 N–H and O–H groups in total. The van der Waals surface area contributed by atoms with Crippen LogP contribution in [0.1, 0.15) is 71.1 Å². The molecule has 0 spiro atoms. The predicted octanol–water partition coefficient (Wildman–Crippen LogP) is 7.70. The first-order valence-corrected chi connectivity index (χ1v) is 11.1. The Bertz CT molecular complexity index is 797. The van der Waals surface area contributed by atoms with E-state index in [2.05, 4.69) is 6.92 Å². The summed E-state index contributed by atoms with van der Waals surface area (Å²) in [5, 5.41) is 1.21. The fraction of sp³-hybridized carbons (Fsp3) is 0.542. The molecule has 2 aromatic rings. The zero-order valence-electron chi connectivity index (χ0n) is 16.7. The van der Waals surface area contributed by atoms with E-state index in [4.69, 9.17) is 16.3 Å². The molecule has 2 nitrogen and oxygen atoms in total. The maximum absolute atomic E-state index is 14.0. The third-order valence-electron chi connectivity index (χ3n) is 5.99. The molecule has 0 aliphatic heterocycles. The second-order valence-electron chi connectivity index (χ2n) is 8.09. The van der Waals surface area contributed by atoms with Gasteiger partial charge in [-0.1, -0.05) is 63.1 Å². The summed E-state index contributed by atoms with van der Waals surface area (Å²) in [5.41, 5.74) is 0. The van der Waals surface area contributed by atoms with Gasteiger partial charge in [0.15, 0.2) is 0 Å². The van der Waals surface area contributed by atoms with E-state index in [0.717, 1.165) is 31.6 Å². The fourth-order valence-electron chi connectivity index (χ4n) is 4.23. The van der Waals surface area contributed by atoms with Crippen molar-refractivity contribution in [2.75, 3.05) is 0 Å². The first-order chi connectivity index (χ1) is 13.6. The van der Waals surface area contributed by atoms with Gasteiger partial charge >= 0.3 is 5.97 Å². The molecular formula is C24H30ClFO2. The number of hydrogen-bond donors (Lipinski definition) is 0. The molecule has 1 fully saturated rings. The number of ether oxygens (including phenoxy) is 1. The molecule has 4 heteroatoms. The molecule has 0 amide bonds. The second-order valence-corrected chi connectivity index (χ2v) is 8.49. The van der Waals surface area contributed by atoms with Gasteiger partial charge in [0, 0.05) is 5.39 Å². The van der Waals surface area contributed by atoms with E-state index < -0.39 is 5.82 Å². The van der Waals surface area contributed by atoms with Crippen molar-refractivity contribution in [2.24, 2.45) is 11.8 Å². The standard InChI is InChI=1S/C24H30ClFO2/c1-2-3-4-5-6-7-17-8-10-18(11-9-17)24(27)28-20-13-14-21-19(16-20)12-15-22(25)23(21)26/h12-18H,2-11H2,1H3. The van der Waals surface area contributed by atoms with E-state index in [9.17, 15) is 9.18 Å². The van der Waals surface area contributed by atoms with E-state index in [1.807, 2.05) is 0 Å². The van der Waals surface area contributed by atoms with Crippen molar-refractivity contribution in [3.05, 3.63) is 41.2 Å². The van der Waals surface area contributed by atoms with Gasteiger partial charge in [0.1, 0.15) is 11.6 Å². The zero-order valence-corrected chi connectivity index (χ0v) is 17.4. The maximum Gasteiger partial charge on any atom is 0.314 e. The van der Waals surface area contributed by atoms with Crippen LogP contribution in [0.3, 0.4) is 0 Å². The van der Waals surface area contributed by atoms with Gasteiger partial charge in [0.2, 0.25) is 0 Å². The first kappa shape index (κ1) is 21.1. The number of unbranched alkanes of at least 4 members (excludes halogenated alkanes) is 4. The topological polar surface area (TPSA) is 26.3 Å². The Kier molecular flexibility index (Phi) is 7.73. The normalized spacial score (nSPS) is 19.7. The lowest BCUT2D eigenvalue weighted by Crippen LogP contribution is -2.25. The summed E-state index contributed by atoms with van der Waals surface area (Å²) in [7, 11) is 0. The minimum absolute atomic E-state index is 0.0195. The van der Waals surface area contributed by atoms with Crippen molar-refractivity contribution in [3.8, 4) is 5.75 Å². The lowest BCUT2D eigenvalue weighted by atomic mass is 9.80. The molecule has 0 atom stereocenters. The molecule has 0 heterocycles. The van der Waals surface area contributed by atoms with Crippen molar-refractivity contribution in [1.29, 1.82) is 0 Å². The summed E-state index contributed by atoms with van der Waals surface area (Å²) in [5.74, 6) is 0.616. The summed E-state index contributed by atoms with van der Waals surface area (Å²) in [6, 6.07) is 8.23. The smallest absolute Gasteiger partial charge is 0.314 e. The van der Waals surface area contributed by atoms with E-state index >= 15 is 0 Å². The van der Waals surface area contributed by atoms with Gasteiger partial charge in [-0.15, -0.1) is 0 Å². The number of carbonyl (C=O) groups is 1. The highest BCUT2D eigenvalue weighted by Crippen LogP contribution is 2.34. The van der Waals surface area contributed by atoms with Gasteiger partial charge < -0.3 is 4.74 Å². The van der Waals surface area contributed by atoms with Gasteiger partial charge in [-0.25, -0.2) is 4.39 Å². The molecule has 0 saturated heterocycles. The quantitative estimate of drug-likeness (QED) is 0.256. The molecule has 0 radical (unpaired) electrons. The van der Waals surface area contributed by atoms with Crippen molar-refractivity contribution < 1.29 is 13.9 Å². The van der Waals surface area contributed by atoms with E-state index in [0.29, 0.717) is 16.5 Å². The fourth-order valence-corrected chi connectivity index (χ4v) is 4.39. The Morgan fingerprint density at radius 1 is 1.07 bits per heavy atom. The minimum Gasteiger partial charge on any atom is -0.426 e. The molecule has 1 aliphatic rings. The van der Waals surface area contributed by atoms with Crippen molar-refractivity contribution in [3.63, 3.8) is 0 Å². The summed E-state index contributed by atoms with van der Waals surface area (Å²) < 4.78 is 19.6. The Labute approximate surface area is 172 Å². The third-order valence-corrected chi connectivity index (χ3v) is 6.28. The highest BCUT2D eigenvalue weighted by atomic mass is 35.5. The SMILES string of the molecule is CCCCCCCC1CCC(C(=O)Oc2ccc3c(F)c(Cl)ccc3c2)CC1. The van der Waals surface area contributed by atoms with Crippen LogP contribution in [0.25, 0.3) is 10.8 Å². The number of benzene rings is 2. The van der Waals surface area contributed by atoms with E-state index in [1.165, 1.54) is 44.6 Å². The lowest BCUT2D eigenvalue weighted by molar-refractivity contribution is -0.140. The van der Waals surface area contributed by atoms with Crippen LogP contribution >= 0.6 is 11.6 Å². The molecule has 0 bridgehead atoms. The number of esters is 1. The average molecular weight is 405 g/mol. The van der Waals surface area contributed by atoms with Gasteiger partial charge in [0.05, 0.1) is 10.9 Å². The molecule has 152 valence electrons. The van der Waals surface area contributed by atoms with Crippen LogP contribution in [-0.2, 0) is 4.79 Å². The highest BCUT2D eigenvalue weighted by molar-refractivity contribution is 6.31. The molecule has 1 aliphatic carbocycles. The number of halogens is 2. The van der Waals surface area contributed by atoms with Gasteiger partial charge in [-0.2, -0.15) is 0 Å². The molecule has 3 rings (SSSR count). The molecule has 0 aromatic heterocycles. The van der Waals surface area contributed by atoms with Crippen molar-refractivity contribution >= 4 is 28.3 Å². The number of hydrogen-bond acceptors (Lipinski definition) is 2. The summed E-state index contributed by atoms with van der Waals surface area (Å²) in [4.78, 5) is 12.5. The first-order valence-electron chi connectivity index (χ1n) is 10.7. The number of fused-ring (bicyclic) bond motifs is 1. The molecular weight excluding hydrogens is 375 g/mol. The Balaban J connectivity index is 1.48. The lowest BCUT2D eigenvalue weighted by Gasteiger charge is -2.27. The van der Waals surface area contributed by atoms with Crippen LogP contribution in [0.4, 0.5) is 4.39 Å². The van der Waals surface area contributed by atoms with Crippen LogP contribution in [0.15, 0.2) is 30.3 Å². The Morgan fingerprint density at radius 2 is 1.82 bits per heavy atom. The van der Waals surface area contributed by atoms with Crippen molar-refractivity contribution in [1.82, 2.24) is 0 Å². The van der Waals surface area contributed by atoms with Crippen LogP contribution in [-0.4, -0.2) is 5.97 Å². The van der Waals surface area contributed by atoms with Gasteiger partial charge in [-0.3, -0.25) is 4.79 Å². The number of rotatable bonds is 8. The Hall–Kier alpha value is -1.61. The minimum atomic E-state index is -0.440. The predicted molar refractivity (Wildman–Crippen MR) is 113 cm³/mol. The monoisotopic (exact) mass is 404 g/mol. The van der Waals surface area contributed by atoms with Gasteiger partial charge in [-0.05, 0) is 61.3 Å². The van der Waals surface area contributed by atoms with E-state index in [1.54, 1.807) is 24.3 Å². The molecule has 0 unspecified atom stereocenters. The highest BCUT2D eigenvalue weighted by Gasteiger charge is 2.27.